The first-order valence-corrected chi connectivity index (χ1v) is 7.12. The van der Waals surface area contributed by atoms with Crippen molar-refractivity contribution in [2.24, 2.45) is 0 Å². The molecule has 5 heteroatoms. The van der Waals surface area contributed by atoms with E-state index in [9.17, 15) is 4.79 Å². The Hall–Kier alpha value is -1.10. The van der Waals surface area contributed by atoms with Gasteiger partial charge in [0.25, 0.3) is 0 Å². The van der Waals surface area contributed by atoms with Gasteiger partial charge in [-0.3, -0.25) is 0 Å². The Morgan fingerprint density at radius 2 is 2.05 bits per heavy atom. The van der Waals surface area contributed by atoms with Crippen LogP contribution in [0.2, 0.25) is 5.02 Å². The van der Waals surface area contributed by atoms with Crippen LogP contribution < -0.4 is 0 Å². The van der Waals surface area contributed by atoms with Crippen LogP contribution in [0.3, 0.4) is 0 Å². The molecule has 0 aliphatic carbocycles. The zero-order valence-corrected chi connectivity index (χ0v) is 12.4. The Bertz CT molecular complexity index is 479. The summed E-state index contributed by atoms with van der Waals surface area (Å²) in [6.45, 7) is 4.48. The van der Waals surface area contributed by atoms with E-state index in [1.165, 1.54) is 6.07 Å². The number of carboxylic acids is 1. The molecular weight excluding hydrogens is 280 g/mol. The van der Waals surface area contributed by atoms with Gasteiger partial charge in [-0.1, -0.05) is 17.7 Å². The Morgan fingerprint density at radius 3 is 2.60 bits per heavy atom. The summed E-state index contributed by atoms with van der Waals surface area (Å²) < 4.78 is 11.5. The second kappa shape index (κ2) is 6.57. The van der Waals surface area contributed by atoms with Crippen molar-refractivity contribution in [3.05, 3.63) is 34.3 Å². The van der Waals surface area contributed by atoms with Crippen molar-refractivity contribution in [2.45, 2.75) is 51.6 Å². The Labute approximate surface area is 123 Å². The Morgan fingerprint density at radius 1 is 1.40 bits per heavy atom. The van der Waals surface area contributed by atoms with E-state index in [-0.39, 0.29) is 23.9 Å². The second-order valence-corrected chi connectivity index (χ2v) is 5.68. The molecule has 0 radical (unpaired) electrons. The molecule has 2 unspecified atom stereocenters. The summed E-state index contributed by atoms with van der Waals surface area (Å²) >= 11 is 6.08. The number of hydrogen-bond donors (Lipinski definition) is 1. The number of benzene rings is 1. The number of carbonyl (C=O) groups is 1. The molecule has 2 rings (SSSR count). The molecule has 0 spiro atoms. The smallest absolute Gasteiger partial charge is 0.335 e. The molecule has 4 nitrogen and oxygen atoms in total. The van der Waals surface area contributed by atoms with Crippen LogP contribution in [0.5, 0.6) is 0 Å². The number of halogens is 1. The molecule has 0 amide bonds. The predicted octanol–water partition coefficient (Wildman–Crippen LogP) is 3.51. The molecule has 1 aromatic rings. The van der Waals surface area contributed by atoms with E-state index < -0.39 is 5.97 Å². The van der Waals surface area contributed by atoms with Gasteiger partial charge in [-0.25, -0.2) is 4.79 Å². The summed E-state index contributed by atoms with van der Waals surface area (Å²) in [6, 6.07) is 4.71. The largest absolute Gasteiger partial charge is 0.478 e. The standard InChI is InChI=1S/C15H19ClO4/c1-9-5-13(6-10(2)20-9)19-8-12-4-3-11(15(17)18)7-14(12)16/h3-4,7,9-10,13H,5-6,8H2,1-2H3,(H,17,18). The SMILES string of the molecule is CC1CC(OCc2ccc(C(=O)O)cc2Cl)CC(C)O1. The molecular formula is C15H19ClO4. The molecule has 1 fully saturated rings. The predicted molar refractivity (Wildman–Crippen MR) is 76.2 cm³/mol. The minimum Gasteiger partial charge on any atom is -0.478 e. The van der Waals surface area contributed by atoms with Crippen molar-refractivity contribution in [1.82, 2.24) is 0 Å². The Kier molecular flexibility index (Phi) is 5.02. The first-order valence-electron chi connectivity index (χ1n) is 6.74. The van der Waals surface area contributed by atoms with Crippen molar-refractivity contribution in [3.63, 3.8) is 0 Å². The number of carboxylic acid groups (broad SMARTS) is 1. The van der Waals surface area contributed by atoms with Crippen LogP contribution in [0.25, 0.3) is 0 Å². The van der Waals surface area contributed by atoms with Gasteiger partial charge in [0.1, 0.15) is 0 Å². The lowest BCUT2D eigenvalue weighted by molar-refractivity contribution is -0.106. The average Bonchev–Trinajstić information content (AvgIpc) is 2.36. The zero-order chi connectivity index (χ0) is 14.7. The lowest BCUT2D eigenvalue weighted by atomic mass is 10.0. The zero-order valence-electron chi connectivity index (χ0n) is 11.6. The fourth-order valence-electron chi connectivity index (χ4n) is 2.49. The van der Waals surface area contributed by atoms with Crippen LogP contribution in [0.1, 0.15) is 42.6 Å². The molecule has 110 valence electrons. The third kappa shape index (κ3) is 3.95. The van der Waals surface area contributed by atoms with Crippen molar-refractivity contribution >= 4 is 17.6 Å². The van der Waals surface area contributed by atoms with Gasteiger partial charge < -0.3 is 14.6 Å². The minimum atomic E-state index is -0.980. The van der Waals surface area contributed by atoms with Crippen LogP contribution in [-0.4, -0.2) is 29.4 Å². The first-order chi connectivity index (χ1) is 9.45. The minimum absolute atomic E-state index is 0.156. The van der Waals surface area contributed by atoms with Crippen LogP contribution in [0, 0.1) is 0 Å². The van der Waals surface area contributed by atoms with Gasteiger partial charge >= 0.3 is 5.97 Å². The van der Waals surface area contributed by atoms with Gasteiger partial charge in [-0.2, -0.15) is 0 Å². The molecule has 1 aliphatic rings. The summed E-state index contributed by atoms with van der Waals surface area (Å²) in [5.74, 6) is -0.980. The topological polar surface area (TPSA) is 55.8 Å². The highest BCUT2D eigenvalue weighted by molar-refractivity contribution is 6.31. The van der Waals surface area contributed by atoms with Crippen LogP contribution in [0.4, 0.5) is 0 Å². The lowest BCUT2D eigenvalue weighted by Crippen LogP contribution is -2.34. The van der Waals surface area contributed by atoms with E-state index in [1.54, 1.807) is 12.1 Å². The Balaban J connectivity index is 1.95. The molecule has 1 N–H and O–H groups in total. The molecule has 1 aromatic carbocycles. The maximum Gasteiger partial charge on any atom is 0.335 e. The van der Waals surface area contributed by atoms with Gasteiger partial charge in [0.15, 0.2) is 0 Å². The number of aromatic carboxylic acids is 1. The first kappa shape index (κ1) is 15.3. The van der Waals surface area contributed by atoms with E-state index in [0.29, 0.717) is 11.6 Å². The average molecular weight is 299 g/mol. The third-order valence-electron chi connectivity index (χ3n) is 3.43. The third-order valence-corrected chi connectivity index (χ3v) is 3.78. The highest BCUT2D eigenvalue weighted by atomic mass is 35.5. The molecule has 1 aliphatic heterocycles. The van der Waals surface area contributed by atoms with Crippen molar-refractivity contribution in [3.8, 4) is 0 Å². The van der Waals surface area contributed by atoms with Gasteiger partial charge in [-0.15, -0.1) is 0 Å². The summed E-state index contributed by atoms with van der Waals surface area (Å²) in [4.78, 5) is 10.8. The molecule has 1 saturated heterocycles. The normalized spacial score (nSPS) is 26.4. The van der Waals surface area contributed by atoms with E-state index in [0.717, 1.165) is 18.4 Å². The lowest BCUT2D eigenvalue weighted by Gasteiger charge is -2.32. The van der Waals surface area contributed by atoms with Crippen molar-refractivity contribution in [1.29, 1.82) is 0 Å². The number of rotatable bonds is 4. The molecule has 0 saturated carbocycles. The molecule has 0 bridgehead atoms. The van der Waals surface area contributed by atoms with E-state index in [1.807, 2.05) is 13.8 Å². The van der Waals surface area contributed by atoms with Gasteiger partial charge in [0.05, 0.1) is 30.5 Å². The van der Waals surface area contributed by atoms with E-state index >= 15 is 0 Å². The van der Waals surface area contributed by atoms with Crippen LogP contribution in [0.15, 0.2) is 18.2 Å². The summed E-state index contributed by atoms with van der Waals surface area (Å²) in [6.07, 6.45) is 2.30. The molecule has 1 heterocycles. The number of hydrogen-bond acceptors (Lipinski definition) is 3. The van der Waals surface area contributed by atoms with Gasteiger partial charge in [0.2, 0.25) is 0 Å². The van der Waals surface area contributed by atoms with E-state index in [2.05, 4.69) is 0 Å². The van der Waals surface area contributed by atoms with E-state index in [4.69, 9.17) is 26.2 Å². The molecule has 20 heavy (non-hydrogen) atoms. The van der Waals surface area contributed by atoms with Gasteiger partial charge in [-0.05, 0) is 44.4 Å². The molecule has 0 aromatic heterocycles. The second-order valence-electron chi connectivity index (χ2n) is 5.27. The maximum atomic E-state index is 10.8. The fourth-order valence-corrected chi connectivity index (χ4v) is 2.72. The maximum absolute atomic E-state index is 10.8. The quantitative estimate of drug-likeness (QED) is 0.924. The number of ether oxygens (including phenoxy) is 2. The fraction of sp³-hybridized carbons (Fsp3) is 0.533. The molecule has 2 atom stereocenters. The highest BCUT2D eigenvalue weighted by Crippen LogP contribution is 2.24. The van der Waals surface area contributed by atoms with Crippen molar-refractivity contribution in [2.75, 3.05) is 0 Å². The van der Waals surface area contributed by atoms with Crippen molar-refractivity contribution < 1.29 is 19.4 Å². The van der Waals surface area contributed by atoms with Crippen LogP contribution >= 0.6 is 11.6 Å². The van der Waals surface area contributed by atoms with Crippen LogP contribution in [-0.2, 0) is 16.1 Å². The summed E-state index contributed by atoms with van der Waals surface area (Å²) in [7, 11) is 0. The van der Waals surface area contributed by atoms with Gasteiger partial charge in [0, 0.05) is 5.02 Å². The summed E-state index contributed by atoms with van der Waals surface area (Å²) in [5.41, 5.74) is 0.996. The highest BCUT2D eigenvalue weighted by Gasteiger charge is 2.25. The monoisotopic (exact) mass is 298 g/mol. The summed E-state index contributed by atoms with van der Waals surface area (Å²) in [5, 5.41) is 9.32.